The molecule has 1 heterocycles. The van der Waals surface area contributed by atoms with E-state index in [2.05, 4.69) is 5.32 Å². The molecule has 1 aliphatic rings. The summed E-state index contributed by atoms with van der Waals surface area (Å²) in [5, 5.41) is 2.85. The number of ether oxygens (including phenoxy) is 1. The van der Waals surface area contributed by atoms with E-state index < -0.39 is 9.84 Å². The monoisotopic (exact) mass is 359 g/mol. The number of carbonyl (C=O) groups excluding carboxylic acids is 1. The first-order valence-corrected chi connectivity index (χ1v) is 9.96. The molecule has 0 saturated carbocycles. The highest BCUT2D eigenvalue weighted by atomic mass is 32.2. The highest BCUT2D eigenvalue weighted by Gasteiger charge is 2.17. The zero-order chi connectivity index (χ0) is 17.7. The summed E-state index contributed by atoms with van der Waals surface area (Å²) in [6.07, 6.45) is 2.10. The maximum Gasteiger partial charge on any atom is 0.251 e. The van der Waals surface area contributed by atoms with Crippen LogP contribution in [-0.4, -0.2) is 33.6 Å². The van der Waals surface area contributed by atoms with E-state index in [1.807, 2.05) is 0 Å². The Morgan fingerprint density at radius 2 is 1.80 bits per heavy atom. The Balaban J connectivity index is 1.61. The number of sulfone groups is 1. The highest BCUT2D eigenvalue weighted by Crippen LogP contribution is 2.17. The number of carbonyl (C=O) groups is 1. The van der Waals surface area contributed by atoms with E-state index in [1.165, 1.54) is 0 Å². The summed E-state index contributed by atoms with van der Waals surface area (Å²) in [6.45, 7) is 1.26. The van der Waals surface area contributed by atoms with Gasteiger partial charge >= 0.3 is 0 Å². The summed E-state index contributed by atoms with van der Waals surface area (Å²) in [5.41, 5.74) is 1.17. The SMILES string of the molecule is O=C(NC[C@@H]1CCCO1)c1ccc(CS(=O)(=O)c2ccccc2)cc1. The minimum Gasteiger partial charge on any atom is -0.376 e. The van der Waals surface area contributed by atoms with Gasteiger partial charge in [-0.15, -0.1) is 0 Å². The van der Waals surface area contributed by atoms with Crippen LogP contribution in [0, 0.1) is 0 Å². The van der Waals surface area contributed by atoms with Crippen LogP contribution in [0.3, 0.4) is 0 Å². The third kappa shape index (κ3) is 4.67. The lowest BCUT2D eigenvalue weighted by Crippen LogP contribution is -2.31. The quantitative estimate of drug-likeness (QED) is 0.860. The van der Waals surface area contributed by atoms with Crippen molar-refractivity contribution in [3.05, 3.63) is 65.7 Å². The Kier molecular flexibility index (Phi) is 5.50. The lowest BCUT2D eigenvalue weighted by Gasteiger charge is -2.11. The third-order valence-corrected chi connectivity index (χ3v) is 5.89. The number of hydrogen-bond acceptors (Lipinski definition) is 4. The van der Waals surface area contributed by atoms with Crippen LogP contribution < -0.4 is 5.32 Å². The van der Waals surface area contributed by atoms with Crippen molar-refractivity contribution in [2.24, 2.45) is 0 Å². The molecule has 1 N–H and O–H groups in total. The van der Waals surface area contributed by atoms with E-state index in [9.17, 15) is 13.2 Å². The second-order valence-electron chi connectivity index (χ2n) is 6.11. The zero-order valence-corrected chi connectivity index (χ0v) is 14.7. The molecule has 25 heavy (non-hydrogen) atoms. The van der Waals surface area contributed by atoms with Gasteiger partial charge in [-0.3, -0.25) is 4.79 Å². The van der Waals surface area contributed by atoms with Crippen molar-refractivity contribution >= 4 is 15.7 Å². The lowest BCUT2D eigenvalue weighted by atomic mass is 10.1. The van der Waals surface area contributed by atoms with Gasteiger partial charge in [-0.1, -0.05) is 30.3 Å². The molecule has 1 fully saturated rings. The van der Waals surface area contributed by atoms with Crippen molar-refractivity contribution in [2.45, 2.75) is 29.6 Å². The van der Waals surface area contributed by atoms with Crippen LogP contribution in [0.1, 0.15) is 28.8 Å². The molecule has 0 unspecified atom stereocenters. The van der Waals surface area contributed by atoms with Gasteiger partial charge in [0.05, 0.1) is 16.8 Å². The molecule has 0 aromatic heterocycles. The average molecular weight is 359 g/mol. The molecule has 1 atom stereocenters. The molecule has 5 nitrogen and oxygen atoms in total. The van der Waals surface area contributed by atoms with Gasteiger partial charge in [-0.05, 0) is 42.7 Å². The largest absolute Gasteiger partial charge is 0.376 e. The molecular weight excluding hydrogens is 338 g/mol. The molecule has 132 valence electrons. The molecule has 2 aromatic rings. The number of amides is 1. The van der Waals surface area contributed by atoms with Crippen molar-refractivity contribution in [3.8, 4) is 0 Å². The second-order valence-corrected chi connectivity index (χ2v) is 8.10. The van der Waals surface area contributed by atoms with Gasteiger partial charge in [0, 0.05) is 18.7 Å². The van der Waals surface area contributed by atoms with Crippen molar-refractivity contribution in [2.75, 3.05) is 13.2 Å². The Labute approximate surface area is 147 Å². The molecule has 0 bridgehead atoms. The third-order valence-electron chi connectivity index (χ3n) is 4.19. The molecule has 1 saturated heterocycles. The first kappa shape index (κ1) is 17.6. The Morgan fingerprint density at radius 3 is 2.44 bits per heavy atom. The first-order valence-electron chi connectivity index (χ1n) is 8.31. The topological polar surface area (TPSA) is 72.5 Å². The van der Waals surface area contributed by atoms with Crippen LogP contribution in [0.2, 0.25) is 0 Å². The normalized spacial score (nSPS) is 17.4. The zero-order valence-electron chi connectivity index (χ0n) is 13.9. The molecule has 1 aliphatic heterocycles. The fourth-order valence-corrected chi connectivity index (χ4v) is 4.17. The van der Waals surface area contributed by atoms with Crippen molar-refractivity contribution in [1.29, 1.82) is 0 Å². The number of nitrogens with one attached hydrogen (secondary N) is 1. The van der Waals surface area contributed by atoms with E-state index in [-0.39, 0.29) is 17.8 Å². The molecule has 0 aliphatic carbocycles. The highest BCUT2D eigenvalue weighted by molar-refractivity contribution is 7.90. The average Bonchev–Trinajstić information content (AvgIpc) is 3.14. The van der Waals surface area contributed by atoms with E-state index in [0.717, 1.165) is 19.4 Å². The van der Waals surface area contributed by atoms with Gasteiger partial charge in [-0.25, -0.2) is 8.42 Å². The number of hydrogen-bond donors (Lipinski definition) is 1. The first-order chi connectivity index (χ1) is 12.0. The van der Waals surface area contributed by atoms with Crippen LogP contribution in [0.25, 0.3) is 0 Å². The van der Waals surface area contributed by atoms with Crippen LogP contribution in [-0.2, 0) is 20.3 Å². The predicted octanol–water partition coefficient (Wildman–Crippen LogP) is 2.57. The van der Waals surface area contributed by atoms with E-state index >= 15 is 0 Å². The summed E-state index contributed by atoms with van der Waals surface area (Å²) < 4.78 is 30.2. The van der Waals surface area contributed by atoms with Crippen molar-refractivity contribution < 1.29 is 17.9 Å². The van der Waals surface area contributed by atoms with Crippen molar-refractivity contribution in [3.63, 3.8) is 0 Å². The van der Waals surface area contributed by atoms with E-state index in [0.29, 0.717) is 22.6 Å². The summed E-state index contributed by atoms with van der Waals surface area (Å²) in [6, 6.07) is 15.0. The second kappa shape index (κ2) is 7.80. The molecule has 3 rings (SSSR count). The maximum absolute atomic E-state index is 12.4. The smallest absolute Gasteiger partial charge is 0.251 e. The molecule has 1 amide bonds. The van der Waals surface area contributed by atoms with E-state index in [4.69, 9.17) is 4.74 Å². The molecule has 0 radical (unpaired) electrons. The van der Waals surface area contributed by atoms with Gasteiger partial charge in [0.25, 0.3) is 5.91 Å². The van der Waals surface area contributed by atoms with Gasteiger partial charge in [0.1, 0.15) is 0 Å². The number of benzene rings is 2. The van der Waals surface area contributed by atoms with Gasteiger partial charge in [0.15, 0.2) is 9.84 Å². The van der Waals surface area contributed by atoms with Gasteiger partial charge in [0.2, 0.25) is 0 Å². The van der Waals surface area contributed by atoms with Crippen LogP contribution in [0.4, 0.5) is 0 Å². The Morgan fingerprint density at radius 1 is 1.08 bits per heavy atom. The minimum absolute atomic E-state index is 0.0885. The maximum atomic E-state index is 12.4. The molecular formula is C19H21NO4S. The van der Waals surface area contributed by atoms with E-state index in [1.54, 1.807) is 54.6 Å². The Bertz CT molecular complexity index is 810. The lowest BCUT2D eigenvalue weighted by molar-refractivity contribution is 0.0858. The fraction of sp³-hybridized carbons (Fsp3) is 0.316. The molecule has 2 aromatic carbocycles. The van der Waals surface area contributed by atoms with Gasteiger partial charge in [-0.2, -0.15) is 0 Å². The Hall–Kier alpha value is -2.18. The standard InChI is InChI=1S/C19H21NO4S/c21-19(20-13-17-5-4-12-24-17)16-10-8-15(9-11-16)14-25(22,23)18-6-2-1-3-7-18/h1-3,6-11,17H,4-5,12-14H2,(H,20,21)/t17-/m0/s1. The van der Waals surface area contributed by atoms with Crippen molar-refractivity contribution in [1.82, 2.24) is 5.32 Å². The summed E-state index contributed by atoms with van der Waals surface area (Å²) in [5.74, 6) is -0.262. The summed E-state index contributed by atoms with van der Waals surface area (Å²) >= 11 is 0. The molecule has 6 heteroatoms. The summed E-state index contributed by atoms with van der Waals surface area (Å²) in [7, 11) is -3.38. The van der Waals surface area contributed by atoms with Crippen LogP contribution in [0.15, 0.2) is 59.5 Å². The molecule has 0 spiro atoms. The predicted molar refractivity (Wildman–Crippen MR) is 95.1 cm³/mol. The minimum atomic E-state index is -3.38. The summed E-state index contributed by atoms with van der Waals surface area (Å²) in [4.78, 5) is 12.4. The fourth-order valence-electron chi connectivity index (χ4n) is 2.80. The van der Waals surface area contributed by atoms with Crippen LogP contribution in [0.5, 0.6) is 0 Å². The van der Waals surface area contributed by atoms with Gasteiger partial charge < -0.3 is 10.1 Å². The number of rotatable bonds is 6. The van der Waals surface area contributed by atoms with Crippen LogP contribution >= 0.6 is 0 Å².